The molecule has 10 heteroatoms. The molecule has 0 saturated carbocycles. The van der Waals surface area contributed by atoms with Gasteiger partial charge in [-0.1, -0.05) is 19.9 Å². The van der Waals surface area contributed by atoms with Crippen LogP contribution in [0.5, 0.6) is 0 Å². The quantitative estimate of drug-likeness (QED) is 0.637. The van der Waals surface area contributed by atoms with Crippen LogP contribution in [0.3, 0.4) is 0 Å². The number of carbonyl (C=O) groups excluding carboxylic acids is 3. The lowest BCUT2D eigenvalue weighted by Gasteiger charge is -2.21. The predicted molar refractivity (Wildman–Crippen MR) is 101 cm³/mol. The van der Waals surface area contributed by atoms with Gasteiger partial charge in [-0.2, -0.15) is 4.72 Å². The van der Waals surface area contributed by atoms with Crippen LogP contribution in [0.15, 0.2) is 23.1 Å². The van der Waals surface area contributed by atoms with Gasteiger partial charge in [0.15, 0.2) is 6.61 Å². The van der Waals surface area contributed by atoms with Crippen molar-refractivity contribution < 1.29 is 27.5 Å². The van der Waals surface area contributed by atoms with E-state index < -0.39 is 46.5 Å². The van der Waals surface area contributed by atoms with E-state index in [1.54, 1.807) is 26.8 Å². The molecule has 1 fully saturated rings. The Balaban J connectivity index is 2.07. The lowest BCUT2D eigenvalue weighted by molar-refractivity contribution is -0.153. The Morgan fingerprint density at radius 2 is 1.93 bits per heavy atom. The van der Waals surface area contributed by atoms with Gasteiger partial charge >= 0.3 is 12.0 Å². The standard InChI is InChI=1S/C18H25N3O6S/c1-11(2)16(17(23)27-10-15(22)21-8-7-19-18(21)24)20-28(25,26)14-6-5-12(3)13(4)9-14/h5-6,9,11,16,20H,7-8,10H2,1-4H3,(H,19,24)/t16-/m0/s1. The zero-order valence-corrected chi connectivity index (χ0v) is 17.1. The molecule has 154 valence electrons. The molecular weight excluding hydrogens is 386 g/mol. The Morgan fingerprint density at radius 1 is 1.25 bits per heavy atom. The molecule has 1 heterocycles. The minimum atomic E-state index is -3.96. The summed E-state index contributed by atoms with van der Waals surface area (Å²) in [7, 11) is -3.96. The van der Waals surface area contributed by atoms with Crippen molar-refractivity contribution in [3.05, 3.63) is 29.3 Å². The molecule has 1 saturated heterocycles. The lowest BCUT2D eigenvalue weighted by Crippen LogP contribution is -2.46. The van der Waals surface area contributed by atoms with Crippen molar-refractivity contribution >= 4 is 27.9 Å². The first-order chi connectivity index (χ1) is 13.0. The van der Waals surface area contributed by atoms with Gasteiger partial charge in [0, 0.05) is 13.1 Å². The summed E-state index contributed by atoms with van der Waals surface area (Å²) in [6.45, 7) is 6.87. The second-order valence-electron chi connectivity index (χ2n) is 6.97. The molecule has 3 amide bonds. The van der Waals surface area contributed by atoms with Gasteiger partial charge < -0.3 is 10.1 Å². The van der Waals surface area contributed by atoms with Crippen LogP contribution >= 0.6 is 0 Å². The molecule has 0 aromatic heterocycles. The maximum Gasteiger partial charge on any atom is 0.324 e. The fourth-order valence-electron chi connectivity index (χ4n) is 2.58. The average Bonchev–Trinajstić information content (AvgIpc) is 3.05. The van der Waals surface area contributed by atoms with Crippen LogP contribution < -0.4 is 10.0 Å². The molecule has 0 aliphatic carbocycles. The molecule has 0 radical (unpaired) electrons. The number of aryl methyl sites for hydroxylation is 2. The molecule has 1 atom stereocenters. The van der Waals surface area contributed by atoms with Crippen LogP contribution in [0.25, 0.3) is 0 Å². The second kappa shape index (κ2) is 8.70. The minimum absolute atomic E-state index is 0.0406. The molecule has 2 N–H and O–H groups in total. The monoisotopic (exact) mass is 411 g/mol. The SMILES string of the molecule is Cc1ccc(S(=O)(=O)N[C@H](C(=O)OCC(=O)N2CCNC2=O)C(C)C)cc1C. The Bertz CT molecular complexity index is 881. The first-order valence-corrected chi connectivity index (χ1v) is 10.4. The van der Waals surface area contributed by atoms with E-state index in [0.717, 1.165) is 16.0 Å². The Kier molecular flexibility index (Phi) is 6.78. The van der Waals surface area contributed by atoms with Gasteiger partial charge in [0.1, 0.15) is 6.04 Å². The Morgan fingerprint density at radius 3 is 2.46 bits per heavy atom. The normalized spacial score (nSPS) is 15.5. The fraction of sp³-hybridized carbons (Fsp3) is 0.500. The number of rotatable bonds is 7. The number of benzene rings is 1. The number of nitrogens with zero attached hydrogens (tertiary/aromatic N) is 1. The topological polar surface area (TPSA) is 122 Å². The summed E-state index contributed by atoms with van der Waals surface area (Å²) in [4.78, 5) is 36.8. The highest BCUT2D eigenvalue weighted by atomic mass is 32.2. The summed E-state index contributed by atoms with van der Waals surface area (Å²) in [5.74, 6) is -1.96. The smallest absolute Gasteiger partial charge is 0.324 e. The Labute approximate surface area is 164 Å². The van der Waals surface area contributed by atoms with Crippen LogP contribution in [0.1, 0.15) is 25.0 Å². The van der Waals surface area contributed by atoms with Crippen molar-refractivity contribution in [1.29, 1.82) is 0 Å². The molecule has 0 unspecified atom stereocenters. The van der Waals surface area contributed by atoms with Gasteiger partial charge in [0.05, 0.1) is 4.90 Å². The highest BCUT2D eigenvalue weighted by Gasteiger charge is 2.32. The average molecular weight is 411 g/mol. The van der Waals surface area contributed by atoms with E-state index in [2.05, 4.69) is 10.0 Å². The zero-order valence-electron chi connectivity index (χ0n) is 16.3. The molecule has 1 aliphatic rings. The number of imide groups is 1. The first-order valence-electron chi connectivity index (χ1n) is 8.87. The maximum absolute atomic E-state index is 12.7. The summed E-state index contributed by atoms with van der Waals surface area (Å²) in [6.07, 6.45) is 0. The molecule has 9 nitrogen and oxygen atoms in total. The minimum Gasteiger partial charge on any atom is -0.454 e. The number of esters is 1. The third kappa shape index (κ3) is 5.08. The number of hydrogen-bond donors (Lipinski definition) is 2. The van der Waals surface area contributed by atoms with Gasteiger partial charge in [-0.25, -0.2) is 13.2 Å². The number of sulfonamides is 1. The van der Waals surface area contributed by atoms with Crippen LogP contribution in [0, 0.1) is 19.8 Å². The molecular formula is C18H25N3O6S. The summed E-state index contributed by atoms with van der Waals surface area (Å²) in [5.41, 5.74) is 1.75. The van der Waals surface area contributed by atoms with Gasteiger partial charge in [0.25, 0.3) is 5.91 Å². The fourth-order valence-corrected chi connectivity index (χ4v) is 4.00. The third-order valence-corrected chi connectivity index (χ3v) is 5.93. The maximum atomic E-state index is 12.7. The predicted octanol–water partition coefficient (Wildman–Crippen LogP) is 0.701. The summed E-state index contributed by atoms with van der Waals surface area (Å²) < 4.78 is 32.6. The van der Waals surface area contributed by atoms with Crippen LogP contribution in [-0.4, -0.2) is 57.0 Å². The molecule has 28 heavy (non-hydrogen) atoms. The van der Waals surface area contributed by atoms with Crippen molar-refractivity contribution in [3.63, 3.8) is 0 Å². The van der Waals surface area contributed by atoms with Crippen molar-refractivity contribution in [2.24, 2.45) is 5.92 Å². The van der Waals surface area contributed by atoms with Crippen molar-refractivity contribution in [3.8, 4) is 0 Å². The summed E-state index contributed by atoms with van der Waals surface area (Å²) in [5, 5.41) is 2.47. The van der Waals surface area contributed by atoms with Crippen LogP contribution in [0.4, 0.5) is 4.79 Å². The summed E-state index contributed by atoms with van der Waals surface area (Å²) in [6, 6.07) is 2.95. The number of carbonyl (C=O) groups is 3. The van der Waals surface area contributed by atoms with E-state index in [0.29, 0.717) is 6.54 Å². The van der Waals surface area contributed by atoms with E-state index in [4.69, 9.17) is 4.74 Å². The third-order valence-electron chi connectivity index (χ3n) is 4.49. The van der Waals surface area contributed by atoms with E-state index in [-0.39, 0.29) is 11.4 Å². The van der Waals surface area contributed by atoms with Crippen molar-refractivity contribution in [2.45, 2.75) is 38.6 Å². The number of ether oxygens (including phenoxy) is 1. The molecule has 1 aromatic rings. The molecule has 2 rings (SSSR count). The molecule has 0 spiro atoms. The largest absolute Gasteiger partial charge is 0.454 e. The van der Waals surface area contributed by atoms with E-state index in [1.165, 1.54) is 12.1 Å². The second-order valence-corrected chi connectivity index (χ2v) is 8.69. The molecule has 1 aliphatic heterocycles. The van der Waals surface area contributed by atoms with E-state index >= 15 is 0 Å². The number of urea groups is 1. The van der Waals surface area contributed by atoms with Gasteiger partial charge in [-0.15, -0.1) is 0 Å². The number of amides is 3. The number of nitrogens with one attached hydrogen (secondary N) is 2. The number of hydrogen-bond acceptors (Lipinski definition) is 6. The molecule has 0 bridgehead atoms. The van der Waals surface area contributed by atoms with Gasteiger partial charge in [0.2, 0.25) is 10.0 Å². The summed E-state index contributed by atoms with van der Waals surface area (Å²) >= 11 is 0. The van der Waals surface area contributed by atoms with Gasteiger partial charge in [-0.3, -0.25) is 14.5 Å². The molecule has 1 aromatic carbocycles. The zero-order chi connectivity index (χ0) is 21.1. The Hall–Kier alpha value is -2.46. The van der Waals surface area contributed by atoms with Crippen LogP contribution in [0.2, 0.25) is 0 Å². The van der Waals surface area contributed by atoms with E-state index in [9.17, 15) is 22.8 Å². The van der Waals surface area contributed by atoms with Crippen LogP contribution in [-0.2, 0) is 24.3 Å². The first kappa shape index (κ1) is 21.8. The van der Waals surface area contributed by atoms with Crippen molar-refractivity contribution in [2.75, 3.05) is 19.7 Å². The van der Waals surface area contributed by atoms with E-state index in [1.807, 2.05) is 6.92 Å². The van der Waals surface area contributed by atoms with Gasteiger partial charge in [-0.05, 0) is 43.0 Å². The lowest BCUT2D eigenvalue weighted by atomic mass is 10.1. The highest BCUT2D eigenvalue weighted by molar-refractivity contribution is 7.89. The highest BCUT2D eigenvalue weighted by Crippen LogP contribution is 2.17. The van der Waals surface area contributed by atoms with Crippen molar-refractivity contribution in [1.82, 2.24) is 14.9 Å².